The van der Waals surface area contributed by atoms with Crippen LogP contribution in [0.1, 0.15) is 17.2 Å². The molecular formula is C27H19N3O2S. The zero-order valence-electron chi connectivity index (χ0n) is 17.5. The Balaban J connectivity index is 1.48. The third kappa shape index (κ3) is 2.50. The molecule has 1 spiro atoms. The summed E-state index contributed by atoms with van der Waals surface area (Å²) in [5.74, 6) is 0.725. The normalized spacial score (nSPS) is 25.0. The molecule has 4 aromatic carbocycles. The van der Waals surface area contributed by atoms with Crippen LogP contribution in [0.25, 0.3) is 10.8 Å². The molecule has 3 atom stereocenters. The number of para-hydroxylation sites is 1. The van der Waals surface area contributed by atoms with Crippen molar-refractivity contribution in [1.29, 1.82) is 0 Å². The van der Waals surface area contributed by atoms with Crippen molar-refractivity contribution >= 4 is 45.7 Å². The summed E-state index contributed by atoms with van der Waals surface area (Å²) < 4.78 is 0. The van der Waals surface area contributed by atoms with E-state index in [9.17, 15) is 4.79 Å². The van der Waals surface area contributed by atoms with Gasteiger partial charge in [-0.2, -0.15) is 0 Å². The molecule has 0 bridgehead atoms. The van der Waals surface area contributed by atoms with Crippen LogP contribution in [0.15, 0.2) is 102 Å². The molecule has 1 fully saturated rings. The Morgan fingerprint density at radius 3 is 2.55 bits per heavy atom. The van der Waals surface area contributed by atoms with E-state index >= 15 is 0 Å². The number of hydrogen-bond acceptors (Lipinski definition) is 5. The summed E-state index contributed by atoms with van der Waals surface area (Å²) in [7, 11) is 0. The average molecular weight is 450 g/mol. The van der Waals surface area contributed by atoms with E-state index in [-0.39, 0.29) is 17.3 Å². The van der Waals surface area contributed by atoms with Gasteiger partial charge in [0, 0.05) is 16.6 Å². The first kappa shape index (κ1) is 18.8. The van der Waals surface area contributed by atoms with Gasteiger partial charge in [-0.1, -0.05) is 90.1 Å². The predicted octanol–water partition coefficient (Wildman–Crippen LogP) is 5.65. The molecule has 6 heteroatoms. The maximum atomic E-state index is 13.8. The fraction of sp³-hybridized carbons (Fsp3) is 0.111. The number of hydrogen-bond donors (Lipinski definition) is 1. The SMILES string of the molecule is O=C1Nc2ccccc2C12SC1C(=NOC1c1ccccc1)N2c1cccc2ccccc12. The highest BCUT2D eigenvalue weighted by molar-refractivity contribution is 8.03. The minimum absolute atomic E-state index is 0.0504. The largest absolute Gasteiger partial charge is 0.384 e. The zero-order valence-corrected chi connectivity index (χ0v) is 18.3. The van der Waals surface area contributed by atoms with Gasteiger partial charge in [-0.25, -0.2) is 0 Å². The lowest BCUT2D eigenvalue weighted by Gasteiger charge is -2.34. The van der Waals surface area contributed by atoms with Gasteiger partial charge in [-0.05, 0) is 23.1 Å². The molecule has 7 rings (SSSR count). The molecule has 3 aliphatic heterocycles. The zero-order chi connectivity index (χ0) is 22.0. The highest BCUT2D eigenvalue weighted by Gasteiger charge is 2.64. The molecule has 5 nitrogen and oxygen atoms in total. The van der Waals surface area contributed by atoms with Crippen LogP contribution in [0.5, 0.6) is 0 Å². The number of nitrogens with one attached hydrogen (secondary N) is 1. The smallest absolute Gasteiger partial charge is 0.266 e. The van der Waals surface area contributed by atoms with Crippen LogP contribution in [0.2, 0.25) is 0 Å². The second-order valence-corrected chi connectivity index (χ2v) is 9.74. The maximum absolute atomic E-state index is 13.8. The third-order valence-corrected chi connectivity index (χ3v) is 8.26. The van der Waals surface area contributed by atoms with Gasteiger partial charge in [0.15, 0.2) is 11.9 Å². The quantitative estimate of drug-likeness (QED) is 0.430. The van der Waals surface area contributed by atoms with E-state index in [4.69, 9.17) is 4.84 Å². The second-order valence-electron chi connectivity index (χ2n) is 8.40. The molecule has 0 radical (unpaired) electrons. The maximum Gasteiger partial charge on any atom is 0.266 e. The Bertz CT molecular complexity index is 1450. The summed E-state index contributed by atoms with van der Waals surface area (Å²) in [6, 6.07) is 32.5. The molecular weight excluding hydrogens is 430 g/mol. The summed E-state index contributed by atoms with van der Waals surface area (Å²) in [5, 5.41) is 9.78. The first-order valence-corrected chi connectivity index (χ1v) is 11.8. The van der Waals surface area contributed by atoms with Crippen LogP contribution < -0.4 is 10.2 Å². The van der Waals surface area contributed by atoms with Crippen LogP contribution in [-0.4, -0.2) is 17.0 Å². The van der Waals surface area contributed by atoms with Crippen LogP contribution in [0, 0.1) is 0 Å². The number of anilines is 2. The third-order valence-electron chi connectivity index (χ3n) is 6.61. The molecule has 0 aliphatic carbocycles. The van der Waals surface area contributed by atoms with Gasteiger partial charge in [0.05, 0.1) is 5.69 Å². The lowest BCUT2D eigenvalue weighted by Crippen LogP contribution is -2.47. The van der Waals surface area contributed by atoms with E-state index in [0.29, 0.717) is 0 Å². The van der Waals surface area contributed by atoms with Crippen molar-refractivity contribution in [3.05, 3.63) is 108 Å². The molecule has 0 saturated carbocycles. The summed E-state index contributed by atoms with van der Waals surface area (Å²) >= 11 is 1.61. The Morgan fingerprint density at radius 1 is 0.879 bits per heavy atom. The van der Waals surface area contributed by atoms with Gasteiger partial charge in [-0.15, -0.1) is 11.8 Å². The van der Waals surface area contributed by atoms with E-state index < -0.39 is 4.87 Å². The molecule has 1 amide bonds. The lowest BCUT2D eigenvalue weighted by molar-refractivity contribution is -0.117. The van der Waals surface area contributed by atoms with Gasteiger partial charge >= 0.3 is 0 Å². The number of amides is 1. The summed E-state index contributed by atoms with van der Waals surface area (Å²) in [6.07, 6.45) is -0.261. The van der Waals surface area contributed by atoms with E-state index in [1.807, 2.05) is 60.7 Å². The number of rotatable bonds is 2. The highest BCUT2D eigenvalue weighted by Crippen LogP contribution is 2.60. The van der Waals surface area contributed by atoms with Crippen molar-refractivity contribution in [2.45, 2.75) is 16.2 Å². The fourth-order valence-electron chi connectivity index (χ4n) is 5.16. The Kier molecular flexibility index (Phi) is 3.90. The molecule has 1 N–H and O–H groups in total. The van der Waals surface area contributed by atoms with Crippen molar-refractivity contribution in [3.8, 4) is 0 Å². The summed E-state index contributed by atoms with van der Waals surface area (Å²) in [6.45, 7) is 0. The number of amidine groups is 1. The molecule has 3 unspecified atom stereocenters. The first-order chi connectivity index (χ1) is 16.3. The van der Waals surface area contributed by atoms with Gasteiger partial charge in [0.25, 0.3) is 5.91 Å². The van der Waals surface area contributed by atoms with Gasteiger partial charge in [0.1, 0.15) is 5.25 Å². The van der Waals surface area contributed by atoms with Crippen LogP contribution in [0.3, 0.4) is 0 Å². The number of benzene rings is 4. The second kappa shape index (κ2) is 6.86. The first-order valence-electron chi connectivity index (χ1n) is 10.9. The summed E-state index contributed by atoms with van der Waals surface area (Å²) in [5.41, 5.74) is 3.80. The van der Waals surface area contributed by atoms with Gasteiger partial charge < -0.3 is 10.2 Å². The predicted molar refractivity (Wildman–Crippen MR) is 132 cm³/mol. The molecule has 0 aromatic heterocycles. The minimum atomic E-state index is -0.957. The molecule has 3 aliphatic rings. The highest BCUT2D eigenvalue weighted by atomic mass is 32.2. The number of carbonyl (C=O) groups excluding carboxylic acids is 1. The molecule has 160 valence electrons. The van der Waals surface area contributed by atoms with Crippen molar-refractivity contribution in [2.75, 3.05) is 10.2 Å². The van der Waals surface area contributed by atoms with Crippen molar-refractivity contribution in [3.63, 3.8) is 0 Å². The molecule has 3 heterocycles. The van der Waals surface area contributed by atoms with E-state index in [1.165, 1.54) is 0 Å². The number of oxime groups is 1. The lowest BCUT2D eigenvalue weighted by atomic mass is 10.0. The number of nitrogens with zero attached hydrogens (tertiary/aromatic N) is 2. The standard InChI is InChI=1S/C27H19N3O2S/c31-26-27(20-14-6-7-15-21(20)28-26)30(22-16-8-12-17-9-4-5-13-19(17)22)25-24(33-27)23(32-29-25)18-10-2-1-3-11-18/h1-16,23-24H,(H,28,31). The fourth-order valence-corrected chi connectivity index (χ4v) is 6.88. The van der Waals surface area contributed by atoms with Crippen molar-refractivity contribution in [2.24, 2.45) is 5.16 Å². The Labute approximate surface area is 195 Å². The number of thioether (sulfide) groups is 1. The monoisotopic (exact) mass is 449 g/mol. The van der Waals surface area contributed by atoms with Crippen LogP contribution >= 0.6 is 11.8 Å². The summed E-state index contributed by atoms with van der Waals surface area (Å²) in [4.78, 5) is 20.9. The Hall–Kier alpha value is -3.77. The molecule has 33 heavy (non-hydrogen) atoms. The van der Waals surface area contributed by atoms with Crippen LogP contribution in [-0.2, 0) is 14.5 Å². The van der Waals surface area contributed by atoms with E-state index in [1.54, 1.807) is 11.8 Å². The average Bonchev–Trinajstić information content (AvgIpc) is 3.50. The van der Waals surface area contributed by atoms with E-state index in [0.717, 1.165) is 39.1 Å². The van der Waals surface area contributed by atoms with Gasteiger partial charge in [0.2, 0.25) is 4.87 Å². The number of carbonyl (C=O) groups is 1. The van der Waals surface area contributed by atoms with Crippen molar-refractivity contribution in [1.82, 2.24) is 0 Å². The minimum Gasteiger partial charge on any atom is -0.384 e. The van der Waals surface area contributed by atoms with Crippen LogP contribution in [0.4, 0.5) is 11.4 Å². The Morgan fingerprint density at radius 2 is 1.64 bits per heavy atom. The topological polar surface area (TPSA) is 53.9 Å². The molecule has 1 saturated heterocycles. The van der Waals surface area contributed by atoms with Crippen molar-refractivity contribution < 1.29 is 9.63 Å². The number of fused-ring (bicyclic) bond motifs is 4. The van der Waals surface area contributed by atoms with Gasteiger partial charge in [-0.3, -0.25) is 9.69 Å². The van der Waals surface area contributed by atoms with E-state index in [2.05, 4.69) is 51.8 Å². The molecule has 4 aromatic rings.